The minimum atomic E-state index is -1.90. The molecule has 0 bridgehead atoms. The van der Waals surface area contributed by atoms with Crippen LogP contribution < -0.4 is 0 Å². The Kier molecular flexibility index (Phi) is 11.1. The monoisotopic (exact) mass is 460 g/mol. The highest BCUT2D eigenvalue weighted by molar-refractivity contribution is 7.02. The lowest BCUT2D eigenvalue weighted by Crippen LogP contribution is -2.85. The normalized spacial score (nSPS) is 14.9. The summed E-state index contributed by atoms with van der Waals surface area (Å²) in [6, 6.07) is 2.27. The van der Waals surface area contributed by atoms with Gasteiger partial charge in [-0.25, -0.2) is 0 Å². The number of hydrogen-bond donors (Lipinski definition) is 0. The predicted octanol–water partition coefficient (Wildman–Crippen LogP) is 5.97. The highest BCUT2D eigenvalue weighted by Gasteiger charge is 2.57. The zero-order chi connectivity index (χ0) is 23.5. The molecule has 0 aliphatic rings. The summed E-state index contributed by atoms with van der Waals surface area (Å²) in [7, 11) is -5.64. The van der Waals surface area contributed by atoms with Gasteiger partial charge in [0.2, 0.25) is 0 Å². The van der Waals surface area contributed by atoms with Gasteiger partial charge in [-0.15, -0.1) is 0 Å². The van der Waals surface area contributed by atoms with E-state index in [1.54, 1.807) is 0 Å². The molecule has 0 aromatic carbocycles. The van der Waals surface area contributed by atoms with Crippen molar-refractivity contribution < 1.29 is 0 Å². The van der Waals surface area contributed by atoms with Crippen LogP contribution in [0.2, 0.25) is 39.3 Å². The number of hydrogen-bond acceptors (Lipinski definition) is 4. The van der Waals surface area contributed by atoms with Crippen molar-refractivity contribution in [1.29, 1.82) is 0 Å². The first kappa shape index (κ1) is 29.5. The molecule has 0 saturated carbocycles. The van der Waals surface area contributed by atoms with Gasteiger partial charge in [-0.2, -0.15) is 0 Å². The molecule has 0 N–H and O–H groups in total. The van der Waals surface area contributed by atoms with Gasteiger partial charge in [0.25, 0.3) is 0 Å². The molecular formula is C22H56N4Si3. The van der Waals surface area contributed by atoms with Crippen LogP contribution in [0.5, 0.6) is 0 Å². The molecule has 7 heteroatoms. The van der Waals surface area contributed by atoms with Crippen LogP contribution in [0.3, 0.4) is 0 Å². The average molecular weight is 461 g/mol. The molecule has 0 heterocycles. The van der Waals surface area contributed by atoms with Gasteiger partial charge in [-0.1, -0.05) is 69.2 Å². The first-order valence-corrected chi connectivity index (χ1v) is 20.7. The summed E-state index contributed by atoms with van der Waals surface area (Å²) in [6.07, 6.45) is 0. The Hall–Kier alpha value is 0.491. The molecule has 0 aromatic heterocycles. The second-order valence-corrected chi connectivity index (χ2v) is 24.5. The van der Waals surface area contributed by atoms with E-state index in [1.165, 1.54) is 0 Å². The topological polar surface area (TPSA) is 13.0 Å². The molecule has 0 saturated heterocycles. The van der Waals surface area contributed by atoms with E-state index >= 15 is 0 Å². The molecule has 176 valence electrons. The fourth-order valence-corrected chi connectivity index (χ4v) is 32.7. The van der Waals surface area contributed by atoms with E-state index in [-0.39, 0.29) is 0 Å². The Morgan fingerprint density at radius 2 is 0.724 bits per heavy atom. The molecule has 0 radical (unpaired) electrons. The SMILES string of the molecule is CCN(CC)[Si](C)(C)N([Si](C)(C)N(C(C)C)C(C)C)[Si](C)(C)N(C(C)C)C(C)C. The zero-order valence-corrected chi connectivity index (χ0v) is 26.0. The van der Waals surface area contributed by atoms with Crippen LogP contribution in [-0.4, -0.2) is 80.0 Å². The van der Waals surface area contributed by atoms with E-state index in [4.69, 9.17) is 0 Å². The second kappa shape index (κ2) is 10.9. The van der Waals surface area contributed by atoms with Gasteiger partial charge >= 0.3 is 0 Å². The van der Waals surface area contributed by atoms with Crippen molar-refractivity contribution in [3.8, 4) is 0 Å². The Bertz CT molecular complexity index is 438. The fraction of sp³-hybridized carbons (Fsp3) is 1.00. The lowest BCUT2D eigenvalue weighted by Gasteiger charge is -2.64. The van der Waals surface area contributed by atoms with Crippen molar-refractivity contribution in [2.75, 3.05) is 13.1 Å². The first-order valence-electron chi connectivity index (χ1n) is 12.0. The Morgan fingerprint density at radius 1 is 0.483 bits per heavy atom. The summed E-state index contributed by atoms with van der Waals surface area (Å²) < 4.78 is 11.8. The highest BCUT2D eigenvalue weighted by atomic mass is 28.5. The Labute approximate surface area is 188 Å². The molecule has 0 rings (SSSR count). The maximum Gasteiger partial charge on any atom is 0.189 e. The molecular weight excluding hydrogens is 405 g/mol. The highest BCUT2D eigenvalue weighted by Crippen LogP contribution is 2.36. The molecule has 0 fully saturated rings. The summed E-state index contributed by atoms with van der Waals surface area (Å²) in [5, 5.41) is 0. The molecule has 0 aliphatic carbocycles. The van der Waals surface area contributed by atoms with E-state index in [0.29, 0.717) is 24.2 Å². The smallest absolute Gasteiger partial charge is 0.189 e. The van der Waals surface area contributed by atoms with E-state index in [1.807, 2.05) is 0 Å². The van der Waals surface area contributed by atoms with Gasteiger partial charge in [-0.05, 0) is 76.5 Å². The third-order valence-electron chi connectivity index (χ3n) is 6.67. The van der Waals surface area contributed by atoms with Crippen molar-refractivity contribution in [3.05, 3.63) is 0 Å². The van der Waals surface area contributed by atoms with Gasteiger partial charge in [0.15, 0.2) is 25.2 Å². The maximum atomic E-state index is 3.21. The van der Waals surface area contributed by atoms with Crippen molar-refractivity contribution >= 4 is 25.2 Å². The molecule has 0 unspecified atom stereocenters. The summed E-state index contributed by atoms with van der Waals surface area (Å²) >= 11 is 0. The van der Waals surface area contributed by atoms with Gasteiger partial charge in [0, 0.05) is 0 Å². The van der Waals surface area contributed by atoms with Crippen LogP contribution in [-0.2, 0) is 0 Å². The van der Waals surface area contributed by atoms with Gasteiger partial charge in [0.1, 0.15) is 0 Å². The molecule has 0 amide bonds. The molecule has 0 aliphatic heterocycles. The summed E-state index contributed by atoms with van der Waals surface area (Å²) in [6.45, 7) is 42.0. The predicted molar refractivity (Wildman–Crippen MR) is 141 cm³/mol. The molecule has 0 spiro atoms. The quantitative estimate of drug-likeness (QED) is 0.332. The number of rotatable bonds is 12. The fourth-order valence-electron chi connectivity index (χ4n) is 7.10. The Balaban J connectivity index is 6.94. The maximum absolute atomic E-state index is 3.21. The van der Waals surface area contributed by atoms with Crippen LogP contribution in [0.1, 0.15) is 69.2 Å². The minimum absolute atomic E-state index is 0.567. The average Bonchev–Trinajstić information content (AvgIpc) is 2.43. The van der Waals surface area contributed by atoms with Crippen LogP contribution in [0.15, 0.2) is 0 Å². The standard InChI is InChI=1S/C22H56N4Si3/c1-17-23(18-2)27(11,12)26(28(13,14)24(19(3)4)20(5)6)29(15,16)25(21(7)8)22(9)10/h19-22H,17-18H2,1-16H3. The zero-order valence-electron chi connectivity index (χ0n) is 23.0. The van der Waals surface area contributed by atoms with Gasteiger partial charge < -0.3 is 17.6 Å². The largest absolute Gasteiger partial charge is 0.332 e. The van der Waals surface area contributed by atoms with Crippen molar-refractivity contribution in [1.82, 2.24) is 17.6 Å². The van der Waals surface area contributed by atoms with Crippen LogP contribution in [0.25, 0.3) is 0 Å². The van der Waals surface area contributed by atoms with E-state index in [0.717, 1.165) is 13.1 Å². The van der Waals surface area contributed by atoms with Crippen LogP contribution in [0, 0.1) is 0 Å². The summed E-state index contributed by atoms with van der Waals surface area (Å²) in [4.78, 5) is 0. The molecule has 4 nitrogen and oxygen atoms in total. The lowest BCUT2D eigenvalue weighted by molar-refractivity contribution is 0.257. The first-order chi connectivity index (χ1) is 12.9. The van der Waals surface area contributed by atoms with E-state index in [9.17, 15) is 0 Å². The summed E-state index contributed by atoms with van der Waals surface area (Å²) in [5.41, 5.74) is 0. The minimum Gasteiger partial charge on any atom is -0.332 e. The molecule has 0 atom stereocenters. The number of nitrogens with zero attached hydrogens (tertiary/aromatic N) is 4. The van der Waals surface area contributed by atoms with Crippen molar-refractivity contribution in [2.24, 2.45) is 0 Å². The Morgan fingerprint density at radius 3 is 0.897 bits per heavy atom. The van der Waals surface area contributed by atoms with E-state index in [2.05, 4.69) is 126 Å². The van der Waals surface area contributed by atoms with Gasteiger partial charge in [0.05, 0.1) is 0 Å². The van der Waals surface area contributed by atoms with E-state index < -0.39 is 25.2 Å². The molecule has 29 heavy (non-hydrogen) atoms. The summed E-state index contributed by atoms with van der Waals surface area (Å²) in [5.74, 6) is 0. The lowest BCUT2D eigenvalue weighted by atomic mass is 10.3. The third kappa shape index (κ3) is 6.27. The molecule has 0 aromatic rings. The van der Waals surface area contributed by atoms with Gasteiger partial charge in [-0.3, -0.25) is 0 Å². The van der Waals surface area contributed by atoms with Crippen LogP contribution >= 0.6 is 0 Å². The van der Waals surface area contributed by atoms with Crippen molar-refractivity contribution in [3.63, 3.8) is 0 Å². The third-order valence-corrected chi connectivity index (χ3v) is 26.6. The van der Waals surface area contributed by atoms with Crippen molar-refractivity contribution in [2.45, 2.75) is 133 Å². The van der Waals surface area contributed by atoms with Crippen LogP contribution in [0.4, 0.5) is 0 Å². The second-order valence-electron chi connectivity index (χ2n) is 11.2.